The van der Waals surface area contributed by atoms with Crippen LogP contribution in [0, 0.1) is 5.82 Å². The van der Waals surface area contributed by atoms with E-state index in [2.05, 4.69) is 10.6 Å². The van der Waals surface area contributed by atoms with Crippen molar-refractivity contribution in [2.24, 2.45) is 0 Å². The second kappa shape index (κ2) is 8.46. The number of halogens is 1. The molecule has 0 bridgehead atoms. The summed E-state index contributed by atoms with van der Waals surface area (Å²) < 4.78 is 23.1. The van der Waals surface area contributed by atoms with Gasteiger partial charge in [0.05, 0.1) is 0 Å². The van der Waals surface area contributed by atoms with Crippen molar-refractivity contribution in [1.82, 2.24) is 10.6 Å². The molecule has 25 heavy (non-hydrogen) atoms. The molecule has 0 saturated carbocycles. The smallest absolute Gasteiger partial charge is 0.347 e. The number of carbonyl (C=O) groups is 3. The molecule has 0 saturated heterocycles. The summed E-state index contributed by atoms with van der Waals surface area (Å²) in [6.07, 6.45) is -2.19. The Morgan fingerprint density at radius 2 is 1.60 bits per heavy atom. The maximum atomic E-state index is 12.8. The Hall–Kier alpha value is -2.64. The third-order valence-corrected chi connectivity index (χ3v) is 2.85. The van der Waals surface area contributed by atoms with Gasteiger partial charge >= 0.3 is 12.0 Å². The normalized spacial score (nSPS) is 13.4. The molecule has 2 N–H and O–H groups in total. The largest absolute Gasteiger partial charge is 0.479 e. The number of nitrogens with one attached hydrogen (secondary N) is 2. The maximum Gasteiger partial charge on any atom is 0.347 e. The molecule has 0 fully saturated rings. The molecule has 0 aliphatic carbocycles. The number of imide groups is 1. The van der Waals surface area contributed by atoms with Crippen molar-refractivity contribution < 1.29 is 28.2 Å². The Morgan fingerprint density at radius 3 is 2.12 bits per heavy atom. The van der Waals surface area contributed by atoms with E-state index in [1.54, 1.807) is 20.8 Å². The van der Waals surface area contributed by atoms with Crippen molar-refractivity contribution in [2.45, 2.75) is 52.4 Å². The standard InChI is InChI=1S/C17H23FN2O5/c1-10(14(21)19-16(23)20-17(3,4)5)25-15(22)11(2)24-13-8-6-12(18)7-9-13/h6-11H,1-5H3,(H2,19,20,21,23)/t10-,11-/m1/s1. The minimum Gasteiger partial charge on any atom is -0.479 e. The van der Waals surface area contributed by atoms with Crippen molar-refractivity contribution in [2.75, 3.05) is 0 Å². The zero-order valence-corrected chi connectivity index (χ0v) is 14.9. The number of esters is 1. The van der Waals surface area contributed by atoms with E-state index in [-0.39, 0.29) is 5.75 Å². The van der Waals surface area contributed by atoms with Gasteiger partial charge in [-0.1, -0.05) is 0 Å². The number of rotatable bonds is 5. The number of ether oxygens (including phenoxy) is 2. The van der Waals surface area contributed by atoms with Crippen LogP contribution in [0.25, 0.3) is 0 Å². The van der Waals surface area contributed by atoms with Crippen LogP contribution >= 0.6 is 0 Å². The molecular weight excluding hydrogens is 331 g/mol. The van der Waals surface area contributed by atoms with E-state index in [0.29, 0.717) is 0 Å². The van der Waals surface area contributed by atoms with Crippen LogP contribution in [0.3, 0.4) is 0 Å². The molecule has 0 unspecified atom stereocenters. The third-order valence-electron chi connectivity index (χ3n) is 2.85. The average molecular weight is 354 g/mol. The van der Waals surface area contributed by atoms with Crippen LogP contribution in [0.1, 0.15) is 34.6 Å². The highest BCUT2D eigenvalue weighted by atomic mass is 19.1. The first kappa shape index (κ1) is 20.4. The minimum absolute atomic E-state index is 0.285. The number of urea groups is 1. The van der Waals surface area contributed by atoms with E-state index in [9.17, 15) is 18.8 Å². The van der Waals surface area contributed by atoms with Gasteiger partial charge in [0.2, 0.25) is 0 Å². The molecule has 2 atom stereocenters. The molecule has 8 heteroatoms. The second-order valence-corrected chi connectivity index (χ2v) is 6.49. The molecule has 1 aromatic carbocycles. The highest BCUT2D eigenvalue weighted by Crippen LogP contribution is 2.13. The molecule has 1 rings (SSSR count). The highest BCUT2D eigenvalue weighted by Gasteiger charge is 2.25. The van der Waals surface area contributed by atoms with Gasteiger partial charge < -0.3 is 14.8 Å². The van der Waals surface area contributed by atoms with E-state index in [1.165, 1.54) is 38.1 Å². The number of hydrogen-bond donors (Lipinski definition) is 2. The molecule has 0 heterocycles. The van der Waals surface area contributed by atoms with E-state index < -0.39 is 41.5 Å². The lowest BCUT2D eigenvalue weighted by molar-refractivity contribution is -0.160. The zero-order chi connectivity index (χ0) is 19.2. The third kappa shape index (κ3) is 7.65. The summed E-state index contributed by atoms with van der Waals surface area (Å²) in [4.78, 5) is 35.4. The number of amides is 3. The molecule has 0 spiro atoms. The van der Waals surface area contributed by atoms with Crippen LogP contribution in [-0.4, -0.2) is 35.7 Å². The number of carbonyl (C=O) groups excluding carboxylic acids is 3. The number of benzene rings is 1. The fourth-order valence-electron chi connectivity index (χ4n) is 1.67. The molecule has 0 aromatic heterocycles. The Balaban J connectivity index is 2.50. The van der Waals surface area contributed by atoms with Crippen LogP contribution in [0.5, 0.6) is 5.75 Å². The Labute approximate surface area is 145 Å². The highest BCUT2D eigenvalue weighted by molar-refractivity contribution is 5.97. The minimum atomic E-state index is -1.18. The fraction of sp³-hybridized carbons (Fsp3) is 0.471. The van der Waals surface area contributed by atoms with Gasteiger partial charge in [0.15, 0.2) is 12.2 Å². The van der Waals surface area contributed by atoms with E-state index >= 15 is 0 Å². The maximum absolute atomic E-state index is 12.8. The van der Waals surface area contributed by atoms with Gasteiger partial charge in [0.25, 0.3) is 5.91 Å². The lowest BCUT2D eigenvalue weighted by Crippen LogP contribution is -2.51. The summed E-state index contributed by atoms with van der Waals surface area (Å²) in [5.74, 6) is -1.69. The van der Waals surface area contributed by atoms with Crippen molar-refractivity contribution in [1.29, 1.82) is 0 Å². The van der Waals surface area contributed by atoms with E-state index in [1.807, 2.05) is 0 Å². The Bertz CT molecular complexity index is 625. The van der Waals surface area contributed by atoms with E-state index in [4.69, 9.17) is 9.47 Å². The predicted octanol–water partition coefficient (Wildman–Crippen LogP) is 2.15. The van der Waals surface area contributed by atoms with Crippen LogP contribution in [-0.2, 0) is 14.3 Å². The van der Waals surface area contributed by atoms with Gasteiger partial charge in [-0.05, 0) is 58.9 Å². The molecule has 138 valence electrons. The second-order valence-electron chi connectivity index (χ2n) is 6.49. The van der Waals surface area contributed by atoms with Crippen LogP contribution in [0.15, 0.2) is 24.3 Å². The Kier molecular flexibility index (Phi) is 6.90. The first-order valence-electron chi connectivity index (χ1n) is 7.73. The molecule has 7 nitrogen and oxygen atoms in total. The van der Waals surface area contributed by atoms with Crippen molar-refractivity contribution >= 4 is 17.9 Å². The lowest BCUT2D eigenvalue weighted by Gasteiger charge is -2.21. The molecule has 0 aliphatic heterocycles. The Morgan fingerprint density at radius 1 is 1.04 bits per heavy atom. The molecule has 0 aliphatic rings. The summed E-state index contributed by atoms with van der Waals surface area (Å²) in [7, 11) is 0. The fourth-order valence-corrected chi connectivity index (χ4v) is 1.67. The van der Waals surface area contributed by atoms with Gasteiger partial charge in [0, 0.05) is 5.54 Å². The average Bonchev–Trinajstić information content (AvgIpc) is 2.47. The summed E-state index contributed by atoms with van der Waals surface area (Å²) in [5, 5.41) is 4.64. The van der Waals surface area contributed by atoms with Gasteiger partial charge in [-0.15, -0.1) is 0 Å². The monoisotopic (exact) mass is 354 g/mol. The summed E-state index contributed by atoms with van der Waals surface area (Å²) in [6.45, 7) is 8.05. The summed E-state index contributed by atoms with van der Waals surface area (Å²) in [6, 6.07) is 4.43. The van der Waals surface area contributed by atoms with Gasteiger partial charge in [0.1, 0.15) is 11.6 Å². The van der Waals surface area contributed by atoms with Gasteiger partial charge in [-0.3, -0.25) is 10.1 Å². The van der Waals surface area contributed by atoms with Crippen molar-refractivity contribution in [3.63, 3.8) is 0 Å². The quantitative estimate of drug-likeness (QED) is 0.790. The van der Waals surface area contributed by atoms with Crippen molar-refractivity contribution in [3.05, 3.63) is 30.1 Å². The molecule has 0 radical (unpaired) electrons. The molecule has 1 aromatic rings. The molecular formula is C17H23FN2O5. The summed E-state index contributed by atoms with van der Waals surface area (Å²) in [5.41, 5.74) is -0.512. The first-order valence-corrected chi connectivity index (χ1v) is 7.73. The van der Waals surface area contributed by atoms with Crippen LogP contribution < -0.4 is 15.4 Å². The number of hydrogen-bond acceptors (Lipinski definition) is 5. The van der Waals surface area contributed by atoms with Crippen LogP contribution in [0.2, 0.25) is 0 Å². The van der Waals surface area contributed by atoms with Crippen molar-refractivity contribution in [3.8, 4) is 5.75 Å². The predicted molar refractivity (Wildman–Crippen MR) is 88.5 cm³/mol. The van der Waals surface area contributed by atoms with E-state index in [0.717, 1.165) is 0 Å². The SMILES string of the molecule is C[C@@H](OC(=O)[C@@H](C)Oc1ccc(F)cc1)C(=O)NC(=O)NC(C)(C)C. The lowest BCUT2D eigenvalue weighted by atomic mass is 10.1. The summed E-state index contributed by atoms with van der Waals surface area (Å²) >= 11 is 0. The van der Waals surface area contributed by atoms with Gasteiger partial charge in [-0.2, -0.15) is 0 Å². The molecule has 3 amide bonds. The first-order chi connectivity index (χ1) is 11.5. The van der Waals surface area contributed by atoms with Crippen LogP contribution in [0.4, 0.5) is 9.18 Å². The topological polar surface area (TPSA) is 93.7 Å². The zero-order valence-electron chi connectivity index (χ0n) is 14.9. The van der Waals surface area contributed by atoms with Gasteiger partial charge in [-0.25, -0.2) is 14.0 Å².